The van der Waals surface area contributed by atoms with Crippen LogP contribution < -0.4 is 0 Å². The average Bonchev–Trinajstić information content (AvgIpc) is 2.58. The molecule has 0 N–H and O–H groups in total. The smallest absolute Gasteiger partial charge is 0.308 e. The lowest BCUT2D eigenvalue weighted by atomic mass is 9.90. The van der Waals surface area contributed by atoms with E-state index in [0.29, 0.717) is 18.4 Å². The fourth-order valence-electron chi connectivity index (χ4n) is 4.54. The van der Waals surface area contributed by atoms with Crippen molar-refractivity contribution in [1.82, 2.24) is 0 Å². The zero-order valence-electron chi connectivity index (χ0n) is 17.2. The molecule has 3 unspecified atom stereocenters. The molecular weight excluding hydrogens is 340 g/mol. The topological polar surface area (TPSA) is 44.8 Å². The molecule has 3 aliphatic heterocycles. The van der Waals surface area contributed by atoms with Crippen LogP contribution in [0.5, 0.6) is 0 Å². The number of fused-ring (bicyclic) bond motifs is 4. The summed E-state index contributed by atoms with van der Waals surface area (Å²) in [6.45, 7) is 10.5. The Hall–Kier alpha value is -1.13. The Morgan fingerprint density at radius 1 is 0.889 bits per heavy atom. The molecule has 0 aromatic rings. The van der Waals surface area contributed by atoms with Gasteiger partial charge >= 0.3 is 5.97 Å². The predicted octanol–water partition coefficient (Wildman–Crippen LogP) is 4.97. The van der Waals surface area contributed by atoms with E-state index in [4.69, 9.17) is 14.2 Å². The standard InChI is InChI=1S/C23H36O4/c1-15-8-9-17(3)18(4)25-23(24)14-22-12-16(2)11-21(27-22)13-20-7-5-6-19(10-15)26-20/h8-9,15,17-22H,2,5-7,10-14H2,1,3-4H3/b9-8+/t15-,17-,18?,19+,20?,21+,22?/m0/s1. The summed E-state index contributed by atoms with van der Waals surface area (Å²) in [7, 11) is 0. The van der Waals surface area contributed by atoms with E-state index in [9.17, 15) is 4.79 Å². The van der Waals surface area contributed by atoms with Gasteiger partial charge in [0.15, 0.2) is 0 Å². The molecule has 7 atom stereocenters. The van der Waals surface area contributed by atoms with Gasteiger partial charge in [-0.05, 0) is 51.4 Å². The summed E-state index contributed by atoms with van der Waals surface area (Å²) in [5, 5.41) is 0. The zero-order chi connectivity index (χ0) is 19.4. The highest BCUT2D eigenvalue weighted by Gasteiger charge is 2.32. The maximum atomic E-state index is 12.4. The summed E-state index contributed by atoms with van der Waals surface area (Å²) in [4.78, 5) is 12.4. The average molecular weight is 377 g/mol. The summed E-state index contributed by atoms with van der Waals surface area (Å²) >= 11 is 0. The number of cyclic esters (lactones) is 1. The monoisotopic (exact) mass is 376 g/mol. The third-order valence-electron chi connectivity index (χ3n) is 6.21. The quantitative estimate of drug-likeness (QED) is 0.442. The Kier molecular flexibility index (Phi) is 7.16. The number of hydrogen-bond acceptors (Lipinski definition) is 4. The fourth-order valence-corrected chi connectivity index (χ4v) is 4.54. The van der Waals surface area contributed by atoms with Crippen LogP contribution >= 0.6 is 0 Å². The molecule has 2 saturated heterocycles. The summed E-state index contributed by atoms with van der Waals surface area (Å²) < 4.78 is 18.3. The number of rotatable bonds is 0. The highest BCUT2D eigenvalue weighted by atomic mass is 16.5. The first-order chi connectivity index (χ1) is 12.9. The van der Waals surface area contributed by atoms with E-state index >= 15 is 0 Å². The predicted molar refractivity (Wildman–Crippen MR) is 106 cm³/mol. The molecule has 4 heteroatoms. The van der Waals surface area contributed by atoms with Crippen LogP contribution in [0.4, 0.5) is 0 Å². The molecule has 4 bridgehead atoms. The lowest BCUT2D eigenvalue weighted by molar-refractivity contribution is -0.156. The molecule has 3 rings (SSSR count). The second-order valence-corrected chi connectivity index (χ2v) is 8.94. The van der Waals surface area contributed by atoms with Crippen LogP contribution in [0.25, 0.3) is 0 Å². The van der Waals surface area contributed by atoms with Crippen molar-refractivity contribution in [2.75, 3.05) is 0 Å². The molecule has 0 amide bonds. The van der Waals surface area contributed by atoms with Crippen LogP contribution in [0.2, 0.25) is 0 Å². The minimum Gasteiger partial charge on any atom is -0.462 e. The number of ether oxygens (including phenoxy) is 3. The van der Waals surface area contributed by atoms with Gasteiger partial charge in [-0.1, -0.05) is 38.2 Å². The van der Waals surface area contributed by atoms with Gasteiger partial charge in [-0.3, -0.25) is 4.79 Å². The number of esters is 1. The number of hydrogen-bond donors (Lipinski definition) is 0. The van der Waals surface area contributed by atoms with Crippen molar-refractivity contribution in [2.45, 2.75) is 103 Å². The molecule has 2 fully saturated rings. The Morgan fingerprint density at radius 3 is 2.33 bits per heavy atom. The molecule has 152 valence electrons. The maximum absolute atomic E-state index is 12.4. The first-order valence-corrected chi connectivity index (χ1v) is 10.7. The lowest BCUT2D eigenvalue weighted by Crippen LogP contribution is -2.37. The van der Waals surface area contributed by atoms with Crippen molar-refractivity contribution in [3.8, 4) is 0 Å². The van der Waals surface area contributed by atoms with E-state index in [1.165, 1.54) is 12.0 Å². The van der Waals surface area contributed by atoms with E-state index in [0.717, 1.165) is 38.5 Å². The van der Waals surface area contributed by atoms with Crippen molar-refractivity contribution in [2.24, 2.45) is 11.8 Å². The van der Waals surface area contributed by atoms with Crippen LogP contribution in [0.1, 0.15) is 72.1 Å². The molecule has 27 heavy (non-hydrogen) atoms. The minimum absolute atomic E-state index is 0.106. The Labute approximate surface area is 164 Å². The molecule has 0 aromatic heterocycles. The van der Waals surface area contributed by atoms with Crippen molar-refractivity contribution in [1.29, 1.82) is 0 Å². The normalized spacial score (nSPS) is 43.0. The molecule has 3 aliphatic rings. The number of carbonyl (C=O) groups is 1. The van der Waals surface area contributed by atoms with Crippen LogP contribution in [0.3, 0.4) is 0 Å². The highest BCUT2D eigenvalue weighted by Crippen LogP contribution is 2.32. The first kappa shape index (κ1) is 20.6. The minimum atomic E-state index is -0.171. The van der Waals surface area contributed by atoms with Gasteiger partial charge in [0.2, 0.25) is 0 Å². The van der Waals surface area contributed by atoms with Gasteiger partial charge in [0.05, 0.1) is 30.8 Å². The van der Waals surface area contributed by atoms with Crippen LogP contribution in [0, 0.1) is 11.8 Å². The van der Waals surface area contributed by atoms with E-state index < -0.39 is 0 Å². The fraction of sp³-hybridized carbons (Fsp3) is 0.783. The van der Waals surface area contributed by atoms with E-state index in [1.54, 1.807) is 0 Å². The molecule has 0 saturated carbocycles. The molecule has 3 heterocycles. The molecule has 0 radical (unpaired) electrons. The van der Waals surface area contributed by atoms with Crippen LogP contribution in [-0.4, -0.2) is 36.5 Å². The van der Waals surface area contributed by atoms with Gasteiger partial charge in [-0.25, -0.2) is 0 Å². The molecule has 4 nitrogen and oxygen atoms in total. The van der Waals surface area contributed by atoms with Crippen LogP contribution in [0.15, 0.2) is 24.3 Å². The van der Waals surface area contributed by atoms with Gasteiger partial charge in [0, 0.05) is 12.3 Å². The molecule has 0 spiro atoms. The summed E-state index contributed by atoms with van der Waals surface area (Å²) in [6, 6.07) is 0. The van der Waals surface area contributed by atoms with Crippen molar-refractivity contribution in [3.63, 3.8) is 0 Å². The lowest BCUT2D eigenvalue weighted by Gasteiger charge is -2.37. The number of carbonyl (C=O) groups excluding carboxylic acids is 1. The Balaban J connectivity index is 1.74. The zero-order valence-corrected chi connectivity index (χ0v) is 17.2. The van der Waals surface area contributed by atoms with Gasteiger partial charge in [-0.2, -0.15) is 0 Å². The summed E-state index contributed by atoms with van der Waals surface area (Å²) in [5.41, 5.74) is 1.18. The molecule has 0 aromatic carbocycles. The largest absolute Gasteiger partial charge is 0.462 e. The highest BCUT2D eigenvalue weighted by molar-refractivity contribution is 5.70. The Bertz CT molecular complexity index is 555. The van der Waals surface area contributed by atoms with E-state index in [-0.39, 0.29) is 36.3 Å². The SMILES string of the molecule is C=C1CC2CC(=O)OC(C)[C@@H](C)/C=C/[C@H](C)C[C@H]3CCCC(C[C@@H](C1)O2)O3. The summed E-state index contributed by atoms with van der Waals surface area (Å²) in [5.74, 6) is 0.483. The van der Waals surface area contributed by atoms with Crippen molar-refractivity contribution >= 4 is 5.97 Å². The third kappa shape index (κ3) is 6.18. The van der Waals surface area contributed by atoms with Crippen molar-refractivity contribution < 1.29 is 19.0 Å². The summed E-state index contributed by atoms with van der Waals surface area (Å²) in [6.07, 6.45) is 12.3. The molecular formula is C23H36O4. The van der Waals surface area contributed by atoms with Gasteiger partial charge in [0.1, 0.15) is 6.10 Å². The van der Waals surface area contributed by atoms with Crippen LogP contribution in [-0.2, 0) is 19.0 Å². The first-order valence-electron chi connectivity index (χ1n) is 10.7. The van der Waals surface area contributed by atoms with Gasteiger partial charge < -0.3 is 14.2 Å². The van der Waals surface area contributed by atoms with E-state index in [2.05, 4.69) is 32.6 Å². The van der Waals surface area contributed by atoms with Gasteiger partial charge in [0.25, 0.3) is 0 Å². The van der Waals surface area contributed by atoms with E-state index in [1.807, 2.05) is 6.92 Å². The number of allylic oxidation sites excluding steroid dienone is 1. The molecule has 0 aliphatic carbocycles. The second-order valence-electron chi connectivity index (χ2n) is 8.94. The Morgan fingerprint density at radius 2 is 1.56 bits per heavy atom. The maximum Gasteiger partial charge on any atom is 0.308 e. The van der Waals surface area contributed by atoms with Crippen molar-refractivity contribution in [3.05, 3.63) is 24.3 Å². The third-order valence-corrected chi connectivity index (χ3v) is 6.21. The second kappa shape index (κ2) is 9.38. The van der Waals surface area contributed by atoms with Gasteiger partial charge in [-0.15, -0.1) is 0 Å².